The number of piperidine rings is 1. The zero-order chi connectivity index (χ0) is 14.9. The number of nitrogens with zero attached hydrogens (tertiary/aromatic N) is 3. The molecule has 0 radical (unpaired) electrons. The molecule has 1 aliphatic rings. The minimum absolute atomic E-state index is 0.161. The second kappa shape index (κ2) is 5.82. The maximum absolute atomic E-state index is 11.7. The van der Waals surface area contributed by atoms with Crippen LogP contribution in [0.25, 0.3) is 10.7 Å². The molecular formula is C14H17N3O2S2. The number of sulfonamides is 1. The van der Waals surface area contributed by atoms with E-state index in [0.29, 0.717) is 13.1 Å². The monoisotopic (exact) mass is 323 g/mol. The molecule has 2 aromatic rings. The molecule has 0 aliphatic carbocycles. The molecule has 112 valence electrons. The van der Waals surface area contributed by atoms with Crippen LogP contribution in [0, 0.1) is 0 Å². The highest BCUT2D eigenvalue weighted by molar-refractivity contribution is 7.88. The Morgan fingerprint density at radius 3 is 2.95 bits per heavy atom. The molecule has 1 atom stereocenters. The molecule has 0 N–H and O–H groups in total. The van der Waals surface area contributed by atoms with Crippen LogP contribution in [0.4, 0.5) is 0 Å². The van der Waals surface area contributed by atoms with Crippen molar-refractivity contribution in [2.24, 2.45) is 0 Å². The van der Waals surface area contributed by atoms with E-state index >= 15 is 0 Å². The largest absolute Gasteiger partial charge is 0.250 e. The van der Waals surface area contributed by atoms with Crippen LogP contribution < -0.4 is 0 Å². The van der Waals surface area contributed by atoms with Gasteiger partial charge in [-0.25, -0.2) is 22.7 Å². The average Bonchev–Trinajstić information content (AvgIpc) is 3.01. The summed E-state index contributed by atoms with van der Waals surface area (Å²) >= 11 is 1.56. The van der Waals surface area contributed by atoms with Crippen molar-refractivity contribution in [3.05, 3.63) is 35.5 Å². The number of thiazole rings is 1. The van der Waals surface area contributed by atoms with Crippen LogP contribution >= 0.6 is 11.3 Å². The third kappa shape index (κ3) is 3.30. The van der Waals surface area contributed by atoms with Crippen molar-refractivity contribution in [2.75, 3.05) is 19.3 Å². The quantitative estimate of drug-likeness (QED) is 0.870. The van der Waals surface area contributed by atoms with Gasteiger partial charge in [-0.1, -0.05) is 6.07 Å². The fourth-order valence-corrected chi connectivity index (χ4v) is 4.15. The van der Waals surface area contributed by atoms with Crippen LogP contribution in [0.3, 0.4) is 0 Å². The summed E-state index contributed by atoms with van der Waals surface area (Å²) in [7, 11) is -3.12. The van der Waals surface area contributed by atoms with Crippen LogP contribution in [0.15, 0.2) is 29.8 Å². The van der Waals surface area contributed by atoms with Crippen molar-refractivity contribution in [2.45, 2.75) is 18.8 Å². The van der Waals surface area contributed by atoms with Crippen LogP contribution in [0.2, 0.25) is 0 Å². The van der Waals surface area contributed by atoms with Gasteiger partial charge in [0.2, 0.25) is 10.0 Å². The lowest BCUT2D eigenvalue weighted by Crippen LogP contribution is -2.38. The maximum atomic E-state index is 11.7. The summed E-state index contributed by atoms with van der Waals surface area (Å²) in [6.07, 6.45) is 4.89. The molecule has 1 aliphatic heterocycles. The molecule has 7 heteroatoms. The number of hydrogen-bond donors (Lipinski definition) is 0. The first-order valence-electron chi connectivity index (χ1n) is 6.86. The molecule has 3 heterocycles. The van der Waals surface area contributed by atoms with Gasteiger partial charge < -0.3 is 0 Å². The molecule has 1 saturated heterocycles. The van der Waals surface area contributed by atoms with Crippen LogP contribution in [-0.2, 0) is 10.0 Å². The van der Waals surface area contributed by atoms with E-state index in [1.165, 1.54) is 6.26 Å². The van der Waals surface area contributed by atoms with Crippen molar-refractivity contribution in [1.29, 1.82) is 0 Å². The van der Waals surface area contributed by atoms with Crippen molar-refractivity contribution < 1.29 is 8.42 Å². The lowest BCUT2D eigenvalue weighted by atomic mass is 9.95. The van der Waals surface area contributed by atoms with Gasteiger partial charge in [-0.2, -0.15) is 0 Å². The highest BCUT2D eigenvalue weighted by Gasteiger charge is 2.27. The van der Waals surface area contributed by atoms with E-state index in [2.05, 4.69) is 9.97 Å². The highest BCUT2D eigenvalue weighted by atomic mass is 32.2. The van der Waals surface area contributed by atoms with Gasteiger partial charge in [0.25, 0.3) is 0 Å². The van der Waals surface area contributed by atoms with E-state index in [1.54, 1.807) is 21.8 Å². The Morgan fingerprint density at radius 1 is 1.38 bits per heavy atom. The normalized spacial score (nSPS) is 20.5. The Labute approximate surface area is 128 Å². The molecule has 1 fully saturated rings. The molecule has 5 nitrogen and oxygen atoms in total. The van der Waals surface area contributed by atoms with Gasteiger partial charge in [0.05, 0.1) is 11.9 Å². The summed E-state index contributed by atoms with van der Waals surface area (Å²) in [6, 6.07) is 5.89. The summed E-state index contributed by atoms with van der Waals surface area (Å²) in [5, 5.41) is 2.82. The highest BCUT2D eigenvalue weighted by Crippen LogP contribution is 2.29. The van der Waals surface area contributed by atoms with E-state index < -0.39 is 10.0 Å². The minimum atomic E-state index is -3.12. The Balaban J connectivity index is 1.85. The third-order valence-corrected chi connectivity index (χ3v) is 5.76. The van der Waals surface area contributed by atoms with Gasteiger partial charge in [0.15, 0.2) is 0 Å². The first-order chi connectivity index (χ1) is 10.0. The molecule has 2 aromatic heterocycles. The lowest BCUT2D eigenvalue weighted by Gasteiger charge is -2.30. The SMILES string of the molecule is CS(=O)(=O)N1CCCC(c2cccc(-c3nccs3)n2)C1. The average molecular weight is 323 g/mol. The number of rotatable bonds is 3. The number of hydrogen-bond acceptors (Lipinski definition) is 5. The Morgan fingerprint density at radius 2 is 2.24 bits per heavy atom. The van der Waals surface area contributed by atoms with Gasteiger partial charge in [-0.3, -0.25) is 0 Å². The first kappa shape index (κ1) is 14.6. The fraction of sp³-hybridized carbons (Fsp3) is 0.429. The summed E-state index contributed by atoms with van der Waals surface area (Å²) in [6.45, 7) is 1.13. The lowest BCUT2D eigenvalue weighted by molar-refractivity contribution is 0.314. The summed E-state index contributed by atoms with van der Waals surface area (Å²) in [5.74, 6) is 0.161. The number of pyridine rings is 1. The molecule has 1 unspecified atom stereocenters. The van der Waals surface area contributed by atoms with Crippen molar-refractivity contribution in [3.8, 4) is 10.7 Å². The van der Waals surface area contributed by atoms with Crippen molar-refractivity contribution in [1.82, 2.24) is 14.3 Å². The molecule has 0 amide bonds. The topological polar surface area (TPSA) is 63.2 Å². The second-order valence-electron chi connectivity index (χ2n) is 5.25. The third-order valence-electron chi connectivity index (χ3n) is 3.69. The smallest absolute Gasteiger partial charge is 0.211 e. The van der Waals surface area contributed by atoms with E-state index in [9.17, 15) is 8.42 Å². The Bertz CT molecular complexity index is 714. The standard InChI is InChI=1S/C14H17N3O2S2/c1-21(18,19)17-8-3-4-11(10-17)12-5-2-6-13(16-12)14-15-7-9-20-14/h2,5-7,9,11H,3-4,8,10H2,1H3. The van der Waals surface area contributed by atoms with Gasteiger partial charge in [-0.05, 0) is 25.0 Å². The van der Waals surface area contributed by atoms with E-state index in [1.807, 2.05) is 23.6 Å². The molecule has 0 aromatic carbocycles. The summed E-state index contributed by atoms with van der Waals surface area (Å²) in [5.41, 5.74) is 1.81. The van der Waals surface area contributed by atoms with Crippen LogP contribution in [0.5, 0.6) is 0 Å². The van der Waals surface area contributed by atoms with Crippen LogP contribution in [0.1, 0.15) is 24.5 Å². The van der Waals surface area contributed by atoms with Crippen LogP contribution in [-0.4, -0.2) is 42.0 Å². The van der Waals surface area contributed by atoms with Gasteiger partial charge in [-0.15, -0.1) is 11.3 Å². The van der Waals surface area contributed by atoms with Gasteiger partial charge in [0.1, 0.15) is 5.01 Å². The number of aromatic nitrogens is 2. The molecule has 21 heavy (non-hydrogen) atoms. The van der Waals surface area contributed by atoms with Gasteiger partial charge in [0, 0.05) is 36.3 Å². The molecule has 0 saturated carbocycles. The summed E-state index contributed by atoms with van der Waals surface area (Å²) in [4.78, 5) is 8.96. The van der Waals surface area contributed by atoms with E-state index in [-0.39, 0.29) is 5.92 Å². The van der Waals surface area contributed by atoms with E-state index in [4.69, 9.17) is 0 Å². The molecule has 0 spiro atoms. The Hall–Kier alpha value is -1.31. The van der Waals surface area contributed by atoms with Crippen molar-refractivity contribution >= 4 is 21.4 Å². The second-order valence-corrected chi connectivity index (χ2v) is 8.12. The van der Waals surface area contributed by atoms with Crippen molar-refractivity contribution in [3.63, 3.8) is 0 Å². The molecule has 3 rings (SSSR count). The maximum Gasteiger partial charge on any atom is 0.211 e. The first-order valence-corrected chi connectivity index (χ1v) is 9.59. The zero-order valence-corrected chi connectivity index (χ0v) is 13.4. The predicted molar refractivity (Wildman–Crippen MR) is 83.7 cm³/mol. The zero-order valence-electron chi connectivity index (χ0n) is 11.8. The fourth-order valence-electron chi connectivity index (χ4n) is 2.63. The minimum Gasteiger partial charge on any atom is -0.250 e. The summed E-state index contributed by atoms with van der Waals surface area (Å²) < 4.78 is 25.0. The molecule has 0 bridgehead atoms. The van der Waals surface area contributed by atoms with E-state index in [0.717, 1.165) is 29.2 Å². The van der Waals surface area contributed by atoms with Gasteiger partial charge >= 0.3 is 0 Å². The predicted octanol–water partition coefficient (Wildman–Crippen LogP) is 2.34. The Kier molecular flexibility index (Phi) is 4.05. The molecular weight excluding hydrogens is 306 g/mol.